The highest BCUT2D eigenvalue weighted by Crippen LogP contribution is 2.29. The monoisotopic (exact) mass is 451 g/mol. The summed E-state index contributed by atoms with van der Waals surface area (Å²) >= 11 is 3.44. The SMILES string of the molecule is O=C(CC(c1ccccc1)c1ccc(Br)cc1)N[C@@H](Cc1ccccc1)C(=O)O. The molecule has 0 saturated heterocycles. The first-order valence-electron chi connectivity index (χ1n) is 9.39. The van der Waals surface area contributed by atoms with Crippen molar-refractivity contribution in [3.63, 3.8) is 0 Å². The van der Waals surface area contributed by atoms with Crippen LogP contribution >= 0.6 is 15.9 Å². The van der Waals surface area contributed by atoms with E-state index >= 15 is 0 Å². The Balaban J connectivity index is 1.76. The lowest BCUT2D eigenvalue weighted by Gasteiger charge is -2.20. The fraction of sp³-hybridized carbons (Fsp3) is 0.167. The number of amides is 1. The molecule has 0 spiro atoms. The molecule has 1 amide bonds. The molecule has 3 aromatic carbocycles. The number of carbonyl (C=O) groups excluding carboxylic acids is 1. The largest absolute Gasteiger partial charge is 0.480 e. The van der Waals surface area contributed by atoms with Crippen LogP contribution in [-0.2, 0) is 16.0 Å². The quantitative estimate of drug-likeness (QED) is 0.517. The number of rotatable bonds is 8. The van der Waals surface area contributed by atoms with Gasteiger partial charge in [0.15, 0.2) is 0 Å². The molecule has 0 fully saturated rings. The molecule has 0 aliphatic carbocycles. The molecule has 5 heteroatoms. The lowest BCUT2D eigenvalue weighted by molar-refractivity contribution is -0.141. The van der Waals surface area contributed by atoms with Gasteiger partial charge in [0, 0.05) is 23.2 Å². The molecule has 148 valence electrons. The van der Waals surface area contributed by atoms with E-state index in [4.69, 9.17) is 0 Å². The molecule has 0 aliphatic rings. The van der Waals surface area contributed by atoms with Gasteiger partial charge in [0.2, 0.25) is 5.91 Å². The lowest BCUT2D eigenvalue weighted by Crippen LogP contribution is -2.42. The van der Waals surface area contributed by atoms with Crippen LogP contribution in [-0.4, -0.2) is 23.0 Å². The van der Waals surface area contributed by atoms with Crippen LogP contribution < -0.4 is 5.32 Å². The molecule has 29 heavy (non-hydrogen) atoms. The van der Waals surface area contributed by atoms with Crippen LogP contribution in [0.1, 0.15) is 29.0 Å². The summed E-state index contributed by atoms with van der Waals surface area (Å²) in [6.07, 6.45) is 0.417. The Morgan fingerprint density at radius 3 is 1.97 bits per heavy atom. The first kappa shape index (κ1) is 20.8. The highest BCUT2D eigenvalue weighted by atomic mass is 79.9. The molecule has 0 heterocycles. The van der Waals surface area contributed by atoms with E-state index in [9.17, 15) is 14.7 Å². The zero-order chi connectivity index (χ0) is 20.6. The molecule has 0 radical (unpaired) electrons. The molecule has 0 aromatic heterocycles. The molecular formula is C24H22BrNO3. The number of hydrogen-bond donors (Lipinski definition) is 2. The Morgan fingerprint density at radius 1 is 0.828 bits per heavy atom. The minimum atomic E-state index is -1.04. The third-order valence-electron chi connectivity index (χ3n) is 4.78. The molecule has 1 unspecified atom stereocenters. The standard InChI is InChI=1S/C24H22BrNO3/c25-20-13-11-19(12-14-20)21(18-9-5-2-6-10-18)16-23(27)26-22(24(28)29)15-17-7-3-1-4-8-17/h1-14,21-22H,15-16H2,(H,26,27)(H,28,29)/t21?,22-/m0/s1. The molecule has 2 N–H and O–H groups in total. The molecule has 3 rings (SSSR count). The average Bonchev–Trinajstić information content (AvgIpc) is 2.73. The topological polar surface area (TPSA) is 66.4 Å². The van der Waals surface area contributed by atoms with Crippen molar-refractivity contribution in [2.45, 2.75) is 24.8 Å². The lowest BCUT2D eigenvalue weighted by atomic mass is 9.88. The highest BCUT2D eigenvalue weighted by molar-refractivity contribution is 9.10. The fourth-order valence-electron chi connectivity index (χ4n) is 3.30. The van der Waals surface area contributed by atoms with E-state index in [0.29, 0.717) is 0 Å². The van der Waals surface area contributed by atoms with Crippen molar-refractivity contribution in [3.8, 4) is 0 Å². The van der Waals surface area contributed by atoms with Gasteiger partial charge in [-0.1, -0.05) is 88.7 Å². The zero-order valence-electron chi connectivity index (χ0n) is 15.8. The van der Waals surface area contributed by atoms with Gasteiger partial charge in [0.05, 0.1) is 0 Å². The number of carboxylic acid groups (broad SMARTS) is 1. The van der Waals surface area contributed by atoms with E-state index < -0.39 is 12.0 Å². The van der Waals surface area contributed by atoms with E-state index in [1.807, 2.05) is 84.9 Å². The van der Waals surface area contributed by atoms with Crippen LogP contribution in [0.3, 0.4) is 0 Å². The summed E-state index contributed by atoms with van der Waals surface area (Å²) < 4.78 is 0.964. The number of carbonyl (C=O) groups is 2. The zero-order valence-corrected chi connectivity index (χ0v) is 17.4. The van der Waals surface area contributed by atoms with Crippen molar-refractivity contribution in [2.24, 2.45) is 0 Å². The van der Waals surface area contributed by atoms with Gasteiger partial charge >= 0.3 is 5.97 Å². The second-order valence-electron chi connectivity index (χ2n) is 6.87. The molecule has 0 saturated carbocycles. The molecular weight excluding hydrogens is 430 g/mol. The Labute approximate surface area is 178 Å². The van der Waals surface area contributed by atoms with Gasteiger partial charge in [-0.25, -0.2) is 4.79 Å². The number of carboxylic acids is 1. The van der Waals surface area contributed by atoms with Crippen molar-refractivity contribution in [1.29, 1.82) is 0 Å². The molecule has 3 aromatic rings. The summed E-state index contributed by atoms with van der Waals surface area (Å²) in [5, 5.41) is 12.3. The normalized spacial score (nSPS) is 12.7. The van der Waals surface area contributed by atoms with E-state index in [1.165, 1.54) is 0 Å². The van der Waals surface area contributed by atoms with Crippen molar-refractivity contribution < 1.29 is 14.7 Å². The van der Waals surface area contributed by atoms with E-state index in [1.54, 1.807) is 0 Å². The van der Waals surface area contributed by atoms with Crippen LogP contribution in [0, 0.1) is 0 Å². The summed E-state index contributed by atoms with van der Waals surface area (Å²) in [7, 11) is 0. The third kappa shape index (κ3) is 6.03. The van der Waals surface area contributed by atoms with Crippen molar-refractivity contribution >= 4 is 27.8 Å². The van der Waals surface area contributed by atoms with Crippen LogP contribution in [0.15, 0.2) is 89.4 Å². The summed E-state index contributed by atoms with van der Waals surface area (Å²) in [6.45, 7) is 0. The predicted octanol–water partition coefficient (Wildman–Crippen LogP) is 4.78. The number of benzene rings is 3. The molecule has 4 nitrogen and oxygen atoms in total. The number of aliphatic carboxylic acids is 1. The van der Waals surface area contributed by atoms with Gasteiger partial charge in [0.25, 0.3) is 0 Å². The maximum absolute atomic E-state index is 12.8. The highest BCUT2D eigenvalue weighted by Gasteiger charge is 2.24. The first-order chi connectivity index (χ1) is 14.0. The van der Waals surface area contributed by atoms with Crippen LogP contribution in [0.25, 0.3) is 0 Å². The van der Waals surface area contributed by atoms with E-state index in [2.05, 4.69) is 21.2 Å². The van der Waals surface area contributed by atoms with Gasteiger partial charge in [0.1, 0.15) is 6.04 Å². The fourth-order valence-corrected chi connectivity index (χ4v) is 3.56. The first-order valence-corrected chi connectivity index (χ1v) is 10.2. The number of nitrogens with one attached hydrogen (secondary N) is 1. The summed E-state index contributed by atoms with van der Waals surface area (Å²) in [5.74, 6) is -1.48. The maximum Gasteiger partial charge on any atom is 0.326 e. The smallest absolute Gasteiger partial charge is 0.326 e. The molecule has 0 aliphatic heterocycles. The Kier molecular flexibility index (Phi) is 7.19. The minimum absolute atomic E-state index is 0.157. The van der Waals surface area contributed by atoms with Crippen molar-refractivity contribution in [1.82, 2.24) is 5.32 Å². The third-order valence-corrected chi connectivity index (χ3v) is 5.31. The Bertz CT molecular complexity index is 943. The maximum atomic E-state index is 12.8. The second kappa shape index (κ2) is 10.0. The van der Waals surface area contributed by atoms with E-state index in [-0.39, 0.29) is 24.7 Å². The summed E-state index contributed by atoms with van der Waals surface area (Å²) in [5.41, 5.74) is 2.89. The summed E-state index contributed by atoms with van der Waals surface area (Å²) in [4.78, 5) is 24.5. The van der Waals surface area contributed by atoms with Crippen LogP contribution in [0.5, 0.6) is 0 Å². The van der Waals surface area contributed by atoms with Crippen molar-refractivity contribution in [2.75, 3.05) is 0 Å². The van der Waals surface area contributed by atoms with Crippen LogP contribution in [0.2, 0.25) is 0 Å². The molecule has 0 bridgehead atoms. The van der Waals surface area contributed by atoms with Gasteiger partial charge in [-0.3, -0.25) is 4.79 Å². The Morgan fingerprint density at radius 2 is 1.38 bits per heavy atom. The Hall–Kier alpha value is -2.92. The van der Waals surface area contributed by atoms with Gasteiger partial charge in [-0.15, -0.1) is 0 Å². The van der Waals surface area contributed by atoms with E-state index in [0.717, 1.165) is 21.2 Å². The summed E-state index contributed by atoms with van der Waals surface area (Å²) in [6, 6.07) is 26.0. The van der Waals surface area contributed by atoms with Crippen LogP contribution in [0.4, 0.5) is 0 Å². The average molecular weight is 452 g/mol. The second-order valence-corrected chi connectivity index (χ2v) is 7.78. The van der Waals surface area contributed by atoms with Gasteiger partial charge < -0.3 is 10.4 Å². The molecule has 2 atom stereocenters. The van der Waals surface area contributed by atoms with Gasteiger partial charge in [-0.05, 0) is 28.8 Å². The van der Waals surface area contributed by atoms with Gasteiger partial charge in [-0.2, -0.15) is 0 Å². The number of hydrogen-bond acceptors (Lipinski definition) is 2. The predicted molar refractivity (Wildman–Crippen MR) is 117 cm³/mol. The minimum Gasteiger partial charge on any atom is -0.480 e. The van der Waals surface area contributed by atoms with Crippen molar-refractivity contribution in [3.05, 3.63) is 106 Å². The number of halogens is 1.